The smallest absolute Gasteiger partial charge is 0.338 e. The van der Waals surface area contributed by atoms with Crippen LogP contribution in [0.2, 0.25) is 0 Å². The Morgan fingerprint density at radius 1 is 0.830 bits per heavy atom. The third-order valence-electron chi connectivity index (χ3n) is 8.13. The average molecular weight is 727 g/mol. The van der Waals surface area contributed by atoms with Crippen molar-refractivity contribution >= 4 is 35.7 Å². The molecule has 1 heterocycles. The lowest BCUT2D eigenvalue weighted by Crippen LogP contribution is -2.27. The molecule has 1 atom stereocenters. The molecule has 0 saturated carbocycles. The standard InChI is InChI=1S/C41H43FN2O9/c1-6-52-40(49)29-19-26(20-30(21-29)41(50)53-7-2)24-43-39(48)38-37(27-11-9-8-10-12-27)36(28-13-15-31(42)16-14-28)34(44(38)25(3)4)18-17-32(45)22-33(46)23-35(47)51-5/h8-21,25,33,46H,6-7,22-24H2,1-5H3,(H,43,48)/b18-17+/t33-/m1/s1. The predicted molar refractivity (Wildman–Crippen MR) is 196 cm³/mol. The zero-order chi connectivity index (χ0) is 38.7. The van der Waals surface area contributed by atoms with E-state index in [1.54, 1.807) is 36.6 Å². The quantitative estimate of drug-likeness (QED) is 0.0729. The van der Waals surface area contributed by atoms with Crippen molar-refractivity contribution in [1.82, 2.24) is 9.88 Å². The number of methoxy groups -OCH3 is 1. The molecule has 0 aliphatic carbocycles. The fraction of sp³-hybridized carbons (Fsp3) is 0.293. The molecule has 0 aliphatic heterocycles. The Morgan fingerprint density at radius 2 is 1.42 bits per heavy atom. The monoisotopic (exact) mass is 726 g/mol. The van der Waals surface area contributed by atoms with E-state index in [2.05, 4.69) is 10.1 Å². The number of rotatable bonds is 16. The van der Waals surface area contributed by atoms with Gasteiger partial charge in [0.05, 0.1) is 49.7 Å². The van der Waals surface area contributed by atoms with E-state index in [0.717, 1.165) is 0 Å². The number of carbonyl (C=O) groups excluding carboxylic acids is 5. The number of benzene rings is 3. The van der Waals surface area contributed by atoms with Crippen LogP contribution in [0.15, 0.2) is 78.9 Å². The number of amides is 1. The first-order chi connectivity index (χ1) is 25.4. The Morgan fingerprint density at radius 3 is 1.96 bits per heavy atom. The van der Waals surface area contributed by atoms with Gasteiger partial charge in [-0.1, -0.05) is 42.5 Å². The van der Waals surface area contributed by atoms with Gasteiger partial charge in [0.2, 0.25) is 0 Å². The summed E-state index contributed by atoms with van der Waals surface area (Å²) in [6.07, 6.45) is 0.851. The first-order valence-corrected chi connectivity index (χ1v) is 17.2. The zero-order valence-corrected chi connectivity index (χ0v) is 30.3. The van der Waals surface area contributed by atoms with Gasteiger partial charge in [-0.05, 0) is 86.9 Å². The van der Waals surface area contributed by atoms with Gasteiger partial charge in [0.15, 0.2) is 5.78 Å². The topological polar surface area (TPSA) is 150 Å². The lowest BCUT2D eigenvalue weighted by Gasteiger charge is -2.17. The summed E-state index contributed by atoms with van der Waals surface area (Å²) in [6.45, 7) is 7.21. The van der Waals surface area contributed by atoms with E-state index < -0.39 is 41.5 Å². The summed E-state index contributed by atoms with van der Waals surface area (Å²) in [5, 5.41) is 13.2. The number of ether oxygens (including phenoxy) is 3. The molecule has 3 aromatic carbocycles. The van der Waals surface area contributed by atoms with Gasteiger partial charge in [-0.25, -0.2) is 14.0 Å². The zero-order valence-electron chi connectivity index (χ0n) is 30.3. The second-order valence-electron chi connectivity index (χ2n) is 12.3. The minimum absolute atomic E-state index is 0.0936. The van der Waals surface area contributed by atoms with Crippen LogP contribution in [-0.4, -0.2) is 65.7 Å². The Balaban J connectivity index is 1.88. The number of allylic oxidation sites excluding steroid dienone is 1. The van der Waals surface area contributed by atoms with Crippen LogP contribution < -0.4 is 5.32 Å². The molecule has 0 bridgehead atoms. The first-order valence-electron chi connectivity index (χ1n) is 17.2. The summed E-state index contributed by atoms with van der Waals surface area (Å²) in [4.78, 5) is 64.6. The van der Waals surface area contributed by atoms with Gasteiger partial charge < -0.3 is 29.2 Å². The van der Waals surface area contributed by atoms with Crippen molar-refractivity contribution in [2.24, 2.45) is 0 Å². The maximum atomic E-state index is 14.5. The number of carbonyl (C=O) groups is 5. The molecule has 0 spiro atoms. The summed E-state index contributed by atoms with van der Waals surface area (Å²) >= 11 is 0. The molecule has 0 aliphatic rings. The molecule has 1 aromatic heterocycles. The lowest BCUT2D eigenvalue weighted by atomic mass is 9.94. The lowest BCUT2D eigenvalue weighted by molar-refractivity contribution is -0.143. The van der Waals surface area contributed by atoms with Crippen LogP contribution in [0.5, 0.6) is 0 Å². The maximum Gasteiger partial charge on any atom is 0.338 e. The summed E-state index contributed by atoms with van der Waals surface area (Å²) in [5.41, 5.74) is 3.64. The number of halogens is 1. The Hall–Kier alpha value is -5.88. The van der Waals surface area contributed by atoms with E-state index in [-0.39, 0.29) is 55.5 Å². The molecule has 0 radical (unpaired) electrons. The predicted octanol–water partition coefficient (Wildman–Crippen LogP) is 6.72. The Labute approximate surface area is 307 Å². The SMILES string of the molecule is CCOC(=O)c1cc(CNC(=O)c2c(-c3ccccc3)c(-c3ccc(F)cc3)c(/C=C/C(=O)C[C@@H](O)CC(=O)OC)n2C(C)C)cc(C(=O)OCC)c1. The van der Waals surface area contributed by atoms with Gasteiger partial charge in [0, 0.05) is 30.1 Å². The van der Waals surface area contributed by atoms with Crippen LogP contribution >= 0.6 is 0 Å². The van der Waals surface area contributed by atoms with Crippen molar-refractivity contribution in [2.75, 3.05) is 20.3 Å². The number of ketones is 1. The molecule has 11 nitrogen and oxygen atoms in total. The van der Waals surface area contributed by atoms with E-state index in [0.29, 0.717) is 33.5 Å². The maximum absolute atomic E-state index is 14.5. The number of aromatic nitrogens is 1. The van der Waals surface area contributed by atoms with Gasteiger partial charge in [-0.3, -0.25) is 14.4 Å². The fourth-order valence-corrected chi connectivity index (χ4v) is 5.87. The number of aliphatic hydroxyl groups excluding tert-OH is 1. The molecule has 1 amide bonds. The number of hydrogen-bond donors (Lipinski definition) is 2. The minimum Gasteiger partial charge on any atom is -0.469 e. The molecule has 4 aromatic rings. The molecule has 2 N–H and O–H groups in total. The fourth-order valence-electron chi connectivity index (χ4n) is 5.87. The molecule has 0 unspecified atom stereocenters. The number of nitrogens with zero attached hydrogens (tertiary/aromatic N) is 1. The number of esters is 3. The van der Waals surface area contributed by atoms with Crippen molar-refractivity contribution in [3.8, 4) is 22.3 Å². The second-order valence-corrected chi connectivity index (χ2v) is 12.3. The van der Waals surface area contributed by atoms with Crippen LogP contribution in [0, 0.1) is 5.82 Å². The molecule has 53 heavy (non-hydrogen) atoms. The highest BCUT2D eigenvalue weighted by atomic mass is 19.1. The van der Waals surface area contributed by atoms with Crippen LogP contribution in [0.25, 0.3) is 28.3 Å². The third kappa shape index (κ3) is 10.1. The van der Waals surface area contributed by atoms with Crippen molar-refractivity contribution in [3.05, 3.63) is 113 Å². The van der Waals surface area contributed by atoms with Crippen LogP contribution in [0.1, 0.15) is 89.0 Å². The minimum atomic E-state index is -1.26. The molecule has 0 saturated heterocycles. The van der Waals surface area contributed by atoms with E-state index >= 15 is 0 Å². The Kier molecular flexibility index (Phi) is 14.0. The van der Waals surface area contributed by atoms with Crippen molar-refractivity contribution in [2.45, 2.75) is 59.2 Å². The van der Waals surface area contributed by atoms with Crippen molar-refractivity contribution in [1.29, 1.82) is 0 Å². The highest BCUT2D eigenvalue weighted by molar-refractivity contribution is 6.07. The van der Waals surface area contributed by atoms with Gasteiger partial charge in [0.25, 0.3) is 5.91 Å². The summed E-state index contributed by atoms with van der Waals surface area (Å²) in [7, 11) is 1.19. The van der Waals surface area contributed by atoms with Gasteiger partial charge in [-0.2, -0.15) is 0 Å². The van der Waals surface area contributed by atoms with E-state index in [1.165, 1.54) is 43.5 Å². The highest BCUT2D eigenvalue weighted by Crippen LogP contribution is 2.42. The van der Waals surface area contributed by atoms with Crippen LogP contribution in [0.4, 0.5) is 4.39 Å². The van der Waals surface area contributed by atoms with Gasteiger partial charge in [-0.15, -0.1) is 0 Å². The Bertz CT molecular complexity index is 1950. The molecule has 278 valence electrons. The van der Waals surface area contributed by atoms with Crippen molar-refractivity contribution in [3.63, 3.8) is 0 Å². The highest BCUT2D eigenvalue weighted by Gasteiger charge is 2.29. The second kappa shape index (κ2) is 18.6. The average Bonchev–Trinajstić information content (AvgIpc) is 3.49. The largest absolute Gasteiger partial charge is 0.469 e. The molecule has 4 rings (SSSR count). The molecular weight excluding hydrogens is 683 g/mol. The number of nitrogens with one attached hydrogen (secondary N) is 1. The third-order valence-corrected chi connectivity index (χ3v) is 8.13. The summed E-state index contributed by atoms with van der Waals surface area (Å²) in [5.74, 6) is -3.39. The van der Waals surface area contributed by atoms with E-state index in [1.807, 2.05) is 44.2 Å². The molecule has 12 heteroatoms. The van der Waals surface area contributed by atoms with Crippen LogP contribution in [-0.2, 0) is 30.3 Å². The molecular formula is C41H43FN2O9. The van der Waals surface area contributed by atoms with Gasteiger partial charge in [0.1, 0.15) is 11.5 Å². The number of hydrogen-bond acceptors (Lipinski definition) is 9. The number of aliphatic hydroxyl groups is 1. The summed E-state index contributed by atoms with van der Waals surface area (Å²) < 4.78 is 30.9. The normalized spacial score (nSPS) is 11.7. The van der Waals surface area contributed by atoms with Crippen molar-refractivity contribution < 1.29 is 47.7 Å². The van der Waals surface area contributed by atoms with E-state index in [9.17, 15) is 33.5 Å². The van der Waals surface area contributed by atoms with Crippen LogP contribution in [0.3, 0.4) is 0 Å². The van der Waals surface area contributed by atoms with E-state index in [4.69, 9.17) is 9.47 Å². The molecule has 0 fully saturated rings. The first kappa shape index (κ1) is 39.9. The summed E-state index contributed by atoms with van der Waals surface area (Å²) in [6, 6.07) is 19.0. The van der Waals surface area contributed by atoms with Gasteiger partial charge >= 0.3 is 17.9 Å².